The number of anilines is 1. The SMILES string of the molecule is CCCC(=O)Nc1ccc(CNC(=O)C2=NN(C3CCS(=O)(=O)C3)C(=O)CC2)cc1. The van der Waals surface area contributed by atoms with E-state index in [9.17, 15) is 22.8 Å². The maximum Gasteiger partial charge on any atom is 0.267 e. The Kier molecular flexibility index (Phi) is 6.86. The van der Waals surface area contributed by atoms with E-state index >= 15 is 0 Å². The molecule has 1 unspecified atom stereocenters. The smallest absolute Gasteiger partial charge is 0.267 e. The number of carbonyl (C=O) groups is 3. The van der Waals surface area contributed by atoms with Crippen LogP contribution in [0.2, 0.25) is 0 Å². The predicted octanol–water partition coefficient (Wildman–Crippen LogP) is 1.21. The molecular formula is C20H26N4O5S. The Morgan fingerprint density at radius 2 is 1.93 bits per heavy atom. The van der Waals surface area contributed by atoms with Crippen molar-refractivity contribution in [3.63, 3.8) is 0 Å². The van der Waals surface area contributed by atoms with Crippen molar-refractivity contribution in [3.05, 3.63) is 29.8 Å². The number of benzene rings is 1. The lowest BCUT2D eigenvalue weighted by Gasteiger charge is -2.27. The fourth-order valence-electron chi connectivity index (χ4n) is 3.43. The largest absolute Gasteiger partial charge is 0.347 e. The normalized spacial score (nSPS) is 20.6. The van der Waals surface area contributed by atoms with Gasteiger partial charge < -0.3 is 10.6 Å². The quantitative estimate of drug-likeness (QED) is 0.667. The van der Waals surface area contributed by atoms with Gasteiger partial charge in [0.25, 0.3) is 5.91 Å². The zero-order valence-corrected chi connectivity index (χ0v) is 17.7. The fourth-order valence-corrected chi connectivity index (χ4v) is 5.12. The van der Waals surface area contributed by atoms with Crippen molar-refractivity contribution in [1.82, 2.24) is 10.3 Å². The number of amides is 3. The third-order valence-corrected chi connectivity index (χ3v) is 6.79. The molecule has 0 radical (unpaired) electrons. The van der Waals surface area contributed by atoms with Gasteiger partial charge in [-0.2, -0.15) is 5.10 Å². The van der Waals surface area contributed by atoms with Crippen molar-refractivity contribution < 1.29 is 22.8 Å². The molecule has 2 N–H and O–H groups in total. The summed E-state index contributed by atoms with van der Waals surface area (Å²) in [5.41, 5.74) is 1.77. The summed E-state index contributed by atoms with van der Waals surface area (Å²) in [6, 6.07) is 6.66. The molecule has 30 heavy (non-hydrogen) atoms. The summed E-state index contributed by atoms with van der Waals surface area (Å²) < 4.78 is 23.4. The van der Waals surface area contributed by atoms with Crippen LogP contribution in [0.1, 0.15) is 44.6 Å². The summed E-state index contributed by atoms with van der Waals surface area (Å²) in [6.45, 7) is 2.21. The second-order valence-electron chi connectivity index (χ2n) is 7.52. The topological polar surface area (TPSA) is 125 Å². The van der Waals surface area contributed by atoms with Gasteiger partial charge in [-0.25, -0.2) is 13.4 Å². The molecule has 1 fully saturated rings. The van der Waals surface area contributed by atoms with Gasteiger partial charge in [-0.3, -0.25) is 14.4 Å². The molecule has 2 heterocycles. The van der Waals surface area contributed by atoms with E-state index in [4.69, 9.17) is 0 Å². The molecule has 1 aromatic carbocycles. The Balaban J connectivity index is 1.57. The Morgan fingerprint density at radius 3 is 2.57 bits per heavy atom. The minimum atomic E-state index is -3.16. The average molecular weight is 435 g/mol. The molecule has 0 aromatic heterocycles. The van der Waals surface area contributed by atoms with Crippen molar-refractivity contribution in [3.8, 4) is 0 Å². The van der Waals surface area contributed by atoms with Crippen LogP contribution in [0.3, 0.4) is 0 Å². The number of hydrazone groups is 1. The predicted molar refractivity (Wildman–Crippen MR) is 112 cm³/mol. The van der Waals surface area contributed by atoms with E-state index in [1.54, 1.807) is 12.1 Å². The highest BCUT2D eigenvalue weighted by molar-refractivity contribution is 7.91. The minimum absolute atomic E-state index is 0.0351. The summed E-state index contributed by atoms with van der Waals surface area (Å²) in [7, 11) is -3.16. The van der Waals surface area contributed by atoms with Crippen LogP contribution in [0.15, 0.2) is 29.4 Å². The van der Waals surface area contributed by atoms with Gasteiger partial charge in [-0.1, -0.05) is 19.1 Å². The molecule has 3 rings (SSSR count). The van der Waals surface area contributed by atoms with Crippen LogP contribution in [0, 0.1) is 0 Å². The molecule has 162 valence electrons. The van der Waals surface area contributed by atoms with E-state index in [0.29, 0.717) is 18.5 Å². The minimum Gasteiger partial charge on any atom is -0.347 e. The van der Waals surface area contributed by atoms with E-state index in [-0.39, 0.29) is 54.3 Å². The number of hydrogen-bond acceptors (Lipinski definition) is 6. The third-order valence-electron chi connectivity index (χ3n) is 5.04. The third kappa shape index (κ3) is 5.65. The van der Waals surface area contributed by atoms with Gasteiger partial charge in [0.05, 0.1) is 17.5 Å². The molecule has 2 aliphatic rings. The van der Waals surface area contributed by atoms with Crippen LogP contribution in [0.5, 0.6) is 0 Å². The lowest BCUT2D eigenvalue weighted by molar-refractivity contribution is -0.133. The molecule has 0 bridgehead atoms. The van der Waals surface area contributed by atoms with Gasteiger partial charge in [0, 0.05) is 31.5 Å². The molecule has 0 spiro atoms. The first-order valence-corrected chi connectivity index (χ1v) is 11.9. The van der Waals surface area contributed by atoms with Crippen LogP contribution >= 0.6 is 0 Å². The number of nitrogens with zero attached hydrogens (tertiary/aromatic N) is 2. The van der Waals surface area contributed by atoms with Crippen molar-refractivity contribution in [2.45, 2.75) is 51.6 Å². The molecule has 1 saturated heterocycles. The number of rotatable bonds is 7. The molecular weight excluding hydrogens is 408 g/mol. The first-order valence-electron chi connectivity index (χ1n) is 10.0. The highest BCUT2D eigenvalue weighted by Gasteiger charge is 2.37. The van der Waals surface area contributed by atoms with Crippen LogP contribution in [-0.4, -0.2) is 54.4 Å². The van der Waals surface area contributed by atoms with E-state index in [2.05, 4.69) is 15.7 Å². The highest BCUT2D eigenvalue weighted by Crippen LogP contribution is 2.22. The average Bonchev–Trinajstić information content (AvgIpc) is 3.07. The molecule has 0 saturated carbocycles. The van der Waals surface area contributed by atoms with Crippen molar-refractivity contribution in [2.24, 2.45) is 5.10 Å². The lowest BCUT2D eigenvalue weighted by Crippen LogP contribution is -2.43. The van der Waals surface area contributed by atoms with Gasteiger partial charge in [0.15, 0.2) is 9.84 Å². The summed E-state index contributed by atoms with van der Waals surface area (Å²) in [5, 5.41) is 10.9. The monoisotopic (exact) mass is 434 g/mol. The Labute approximate surface area is 175 Å². The first-order chi connectivity index (χ1) is 14.3. The summed E-state index contributed by atoms with van der Waals surface area (Å²) >= 11 is 0. The van der Waals surface area contributed by atoms with E-state index in [1.807, 2.05) is 19.1 Å². The zero-order chi connectivity index (χ0) is 21.7. The maximum atomic E-state index is 12.5. The standard InChI is InChI=1S/C20H26N4O5S/c1-2-3-18(25)22-15-6-4-14(5-7-15)12-21-20(27)17-8-9-19(26)24(23-17)16-10-11-30(28,29)13-16/h4-7,16H,2-3,8-13H2,1H3,(H,21,27)(H,22,25). The van der Waals surface area contributed by atoms with Gasteiger partial charge >= 0.3 is 0 Å². The molecule has 10 heteroatoms. The van der Waals surface area contributed by atoms with Crippen molar-refractivity contribution in [1.29, 1.82) is 0 Å². The second-order valence-corrected chi connectivity index (χ2v) is 9.75. The second kappa shape index (κ2) is 9.38. The van der Waals surface area contributed by atoms with Crippen LogP contribution in [0.25, 0.3) is 0 Å². The summed E-state index contributed by atoms with van der Waals surface area (Å²) in [5.74, 6) is -0.753. The fraction of sp³-hybridized carbons (Fsp3) is 0.500. The number of hydrogen-bond donors (Lipinski definition) is 2. The Hall–Kier alpha value is -2.75. The van der Waals surface area contributed by atoms with Gasteiger partial charge in [0.1, 0.15) is 5.71 Å². The summed E-state index contributed by atoms with van der Waals surface area (Å²) in [6.07, 6.45) is 1.94. The Morgan fingerprint density at radius 1 is 1.20 bits per heavy atom. The number of nitrogens with one attached hydrogen (secondary N) is 2. The molecule has 3 amide bonds. The molecule has 1 atom stereocenters. The van der Waals surface area contributed by atoms with Gasteiger partial charge in [0.2, 0.25) is 11.8 Å². The highest BCUT2D eigenvalue weighted by atomic mass is 32.2. The maximum absolute atomic E-state index is 12.5. The zero-order valence-electron chi connectivity index (χ0n) is 16.9. The van der Waals surface area contributed by atoms with Gasteiger partial charge in [-0.15, -0.1) is 0 Å². The van der Waals surface area contributed by atoms with Crippen molar-refractivity contribution >= 4 is 39.0 Å². The number of carbonyl (C=O) groups excluding carboxylic acids is 3. The summed E-state index contributed by atoms with van der Waals surface area (Å²) in [4.78, 5) is 36.3. The lowest BCUT2D eigenvalue weighted by atomic mass is 10.1. The molecule has 1 aromatic rings. The molecule has 2 aliphatic heterocycles. The van der Waals surface area contributed by atoms with E-state index in [0.717, 1.165) is 12.0 Å². The first kappa shape index (κ1) is 21.9. The van der Waals surface area contributed by atoms with Crippen molar-refractivity contribution in [2.75, 3.05) is 16.8 Å². The molecule has 9 nitrogen and oxygen atoms in total. The van der Waals surface area contributed by atoms with Gasteiger partial charge in [-0.05, 0) is 30.5 Å². The Bertz CT molecular complexity index is 956. The number of sulfone groups is 1. The van der Waals surface area contributed by atoms with Crippen LogP contribution in [-0.2, 0) is 30.8 Å². The van der Waals surface area contributed by atoms with Crippen LogP contribution in [0.4, 0.5) is 5.69 Å². The van der Waals surface area contributed by atoms with Crippen LogP contribution < -0.4 is 10.6 Å². The van der Waals surface area contributed by atoms with E-state index < -0.39 is 15.9 Å². The molecule has 0 aliphatic carbocycles. The van der Waals surface area contributed by atoms with E-state index in [1.165, 1.54) is 5.01 Å².